The van der Waals surface area contributed by atoms with E-state index in [9.17, 15) is 14.0 Å². The van der Waals surface area contributed by atoms with Crippen molar-refractivity contribution in [1.29, 1.82) is 0 Å². The quantitative estimate of drug-likeness (QED) is 0.938. The van der Waals surface area contributed by atoms with Gasteiger partial charge in [-0.25, -0.2) is 4.39 Å². The van der Waals surface area contributed by atoms with Crippen LogP contribution in [0.2, 0.25) is 0 Å². The van der Waals surface area contributed by atoms with Crippen LogP contribution in [-0.2, 0) is 11.2 Å². The lowest BCUT2D eigenvalue weighted by Crippen LogP contribution is -2.29. The van der Waals surface area contributed by atoms with Crippen LogP contribution in [0.4, 0.5) is 10.1 Å². The third-order valence-corrected chi connectivity index (χ3v) is 4.11. The number of amides is 2. The summed E-state index contributed by atoms with van der Waals surface area (Å²) < 4.78 is 13.2. The SMILES string of the molecule is O=C(Nc1ccc(CC(=O)N2CCCC2)cc1)c1cccc(F)c1. The Morgan fingerprint density at radius 1 is 1.04 bits per heavy atom. The van der Waals surface area contributed by atoms with Gasteiger partial charge in [-0.3, -0.25) is 9.59 Å². The molecule has 1 aliphatic rings. The molecule has 4 nitrogen and oxygen atoms in total. The molecular weight excluding hydrogens is 307 g/mol. The summed E-state index contributed by atoms with van der Waals surface area (Å²) in [6.45, 7) is 1.70. The molecule has 124 valence electrons. The lowest BCUT2D eigenvalue weighted by atomic mass is 10.1. The molecular formula is C19H19FN2O2. The molecule has 2 aromatic carbocycles. The second-order valence-corrected chi connectivity index (χ2v) is 5.93. The fourth-order valence-corrected chi connectivity index (χ4v) is 2.79. The van der Waals surface area contributed by atoms with E-state index in [-0.39, 0.29) is 17.4 Å². The van der Waals surface area contributed by atoms with Gasteiger partial charge in [0.1, 0.15) is 5.82 Å². The predicted octanol–water partition coefficient (Wildman–Crippen LogP) is 3.24. The molecule has 0 aliphatic carbocycles. The van der Waals surface area contributed by atoms with E-state index in [0.717, 1.165) is 31.5 Å². The fourth-order valence-electron chi connectivity index (χ4n) is 2.79. The Morgan fingerprint density at radius 3 is 2.42 bits per heavy atom. The predicted molar refractivity (Wildman–Crippen MR) is 90.3 cm³/mol. The molecule has 1 saturated heterocycles. The average Bonchev–Trinajstić information content (AvgIpc) is 3.11. The zero-order valence-corrected chi connectivity index (χ0v) is 13.3. The van der Waals surface area contributed by atoms with Crippen LogP contribution < -0.4 is 5.32 Å². The third-order valence-electron chi connectivity index (χ3n) is 4.11. The van der Waals surface area contributed by atoms with E-state index in [4.69, 9.17) is 0 Å². The van der Waals surface area contributed by atoms with E-state index in [1.807, 2.05) is 17.0 Å². The molecule has 0 aromatic heterocycles. The van der Waals surface area contributed by atoms with E-state index in [1.165, 1.54) is 18.2 Å². The standard InChI is InChI=1S/C19H19FN2O2/c20-16-5-3-4-15(13-16)19(24)21-17-8-6-14(7-9-17)12-18(23)22-10-1-2-11-22/h3-9,13H,1-2,10-12H2,(H,21,24). The van der Waals surface area contributed by atoms with Gasteiger partial charge in [0.25, 0.3) is 5.91 Å². The highest BCUT2D eigenvalue weighted by molar-refractivity contribution is 6.04. The smallest absolute Gasteiger partial charge is 0.255 e. The molecule has 2 amide bonds. The number of nitrogens with zero attached hydrogens (tertiary/aromatic N) is 1. The van der Waals surface area contributed by atoms with Crippen LogP contribution in [0.3, 0.4) is 0 Å². The minimum Gasteiger partial charge on any atom is -0.342 e. The molecule has 24 heavy (non-hydrogen) atoms. The van der Waals surface area contributed by atoms with E-state index >= 15 is 0 Å². The lowest BCUT2D eigenvalue weighted by Gasteiger charge is -2.15. The van der Waals surface area contributed by atoms with Crippen molar-refractivity contribution in [1.82, 2.24) is 4.90 Å². The Hall–Kier alpha value is -2.69. The fraction of sp³-hybridized carbons (Fsp3) is 0.263. The van der Waals surface area contributed by atoms with Gasteiger partial charge in [0, 0.05) is 24.3 Å². The molecule has 0 saturated carbocycles. The number of carbonyl (C=O) groups is 2. The van der Waals surface area contributed by atoms with Crippen molar-refractivity contribution in [3.05, 3.63) is 65.5 Å². The second kappa shape index (κ2) is 7.25. The van der Waals surface area contributed by atoms with E-state index in [1.54, 1.807) is 18.2 Å². The highest BCUT2D eigenvalue weighted by Gasteiger charge is 2.17. The second-order valence-electron chi connectivity index (χ2n) is 5.93. The highest BCUT2D eigenvalue weighted by atomic mass is 19.1. The van der Waals surface area contributed by atoms with Crippen molar-refractivity contribution in [3.63, 3.8) is 0 Å². The van der Waals surface area contributed by atoms with Crippen LogP contribution in [0.5, 0.6) is 0 Å². The first-order valence-electron chi connectivity index (χ1n) is 8.05. The molecule has 2 aromatic rings. The molecule has 1 fully saturated rings. The first-order valence-corrected chi connectivity index (χ1v) is 8.05. The molecule has 5 heteroatoms. The number of nitrogens with one attached hydrogen (secondary N) is 1. The molecule has 0 unspecified atom stereocenters. The molecule has 0 atom stereocenters. The van der Waals surface area contributed by atoms with E-state index in [2.05, 4.69) is 5.32 Å². The molecule has 0 radical (unpaired) electrons. The largest absolute Gasteiger partial charge is 0.342 e. The zero-order chi connectivity index (χ0) is 16.9. The van der Waals surface area contributed by atoms with Crippen molar-refractivity contribution in [2.45, 2.75) is 19.3 Å². The molecule has 0 spiro atoms. The highest BCUT2D eigenvalue weighted by Crippen LogP contribution is 2.15. The topological polar surface area (TPSA) is 49.4 Å². The van der Waals surface area contributed by atoms with Gasteiger partial charge in [-0.05, 0) is 48.7 Å². The monoisotopic (exact) mass is 326 g/mol. The first-order chi connectivity index (χ1) is 11.6. The van der Waals surface area contributed by atoms with Gasteiger partial charge in [0.15, 0.2) is 0 Å². The van der Waals surface area contributed by atoms with E-state index in [0.29, 0.717) is 12.1 Å². The third kappa shape index (κ3) is 3.98. The van der Waals surface area contributed by atoms with Crippen LogP contribution in [0.25, 0.3) is 0 Å². The van der Waals surface area contributed by atoms with Crippen molar-refractivity contribution >= 4 is 17.5 Å². The van der Waals surface area contributed by atoms with Crippen LogP contribution in [-0.4, -0.2) is 29.8 Å². The van der Waals surface area contributed by atoms with Gasteiger partial charge >= 0.3 is 0 Å². The Morgan fingerprint density at radius 2 is 1.75 bits per heavy atom. The van der Waals surface area contributed by atoms with Crippen LogP contribution >= 0.6 is 0 Å². The summed E-state index contributed by atoms with van der Waals surface area (Å²) in [5, 5.41) is 2.72. The van der Waals surface area contributed by atoms with Gasteiger partial charge < -0.3 is 10.2 Å². The summed E-state index contributed by atoms with van der Waals surface area (Å²) in [6, 6.07) is 12.7. The number of benzene rings is 2. The van der Waals surface area contributed by atoms with Gasteiger partial charge in [-0.2, -0.15) is 0 Å². The molecule has 0 bridgehead atoms. The summed E-state index contributed by atoms with van der Waals surface area (Å²) in [5.41, 5.74) is 1.79. The van der Waals surface area contributed by atoms with Crippen LogP contribution in [0, 0.1) is 5.82 Å². The van der Waals surface area contributed by atoms with Crippen molar-refractivity contribution in [2.75, 3.05) is 18.4 Å². The van der Waals surface area contributed by atoms with Crippen LogP contribution in [0.1, 0.15) is 28.8 Å². The van der Waals surface area contributed by atoms with E-state index < -0.39 is 5.82 Å². The Balaban J connectivity index is 1.60. The maximum atomic E-state index is 13.2. The van der Waals surface area contributed by atoms with Gasteiger partial charge in [-0.1, -0.05) is 18.2 Å². The molecule has 3 rings (SSSR count). The minimum atomic E-state index is -0.446. The summed E-state index contributed by atoms with van der Waals surface area (Å²) in [5.74, 6) is -0.669. The first kappa shape index (κ1) is 16.2. The number of likely N-dealkylation sites (tertiary alicyclic amines) is 1. The Labute approximate surface area is 140 Å². The number of hydrogen-bond donors (Lipinski definition) is 1. The van der Waals surface area contributed by atoms with Crippen molar-refractivity contribution < 1.29 is 14.0 Å². The van der Waals surface area contributed by atoms with Gasteiger partial charge in [-0.15, -0.1) is 0 Å². The normalized spacial score (nSPS) is 13.8. The minimum absolute atomic E-state index is 0.143. The summed E-state index contributed by atoms with van der Waals surface area (Å²) in [7, 11) is 0. The summed E-state index contributed by atoms with van der Waals surface area (Å²) in [4.78, 5) is 26.1. The van der Waals surface area contributed by atoms with Crippen molar-refractivity contribution in [2.24, 2.45) is 0 Å². The zero-order valence-electron chi connectivity index (χ0n) is 13.3. The maximum absolute atomic E-state index is 13.2. The molecule has 1 heterocycles. The summed E-state index contributed by atoms with van der Waals surface area (Å²) >= 11 is 0. The summed E-state index contributed by atoms with van der Waals surface area (Å²) in [6.07, 6.45) is 2.53. The number of hydrogen-bond acceptors (Lipinski definition) is 2. The Kier molecular flexibility index (Phi) is 4.89. The molecule has 1 N–H and O–H groups in total. The molecule has 1 aliphatic heterocycles. The lowest BCUT2D eigenvalue weighted by molar-refractivity contribution is -0.129. The number of anilines is 1. The van der Waals surface area contributed by atoms with Crippen molar-refractivity contribution in [3.8, 4) is 0 Å². The van der Waals surface area contributed by atoms with Gasteiger partial charge in [0.05, 0.1) is 6.42 Å². The number of halogens is 1. The van der Waals surface area contributed by atoms with Crippen LogP contribution in [0.15, 0.2) is 48.5 Å². The maximum Gasteiger partial charge on any atom is 0.255 e. The number of rotatable bonds is 4. The average molecular weight is 326 g/mol. The van der Waals surface area contributed by atoms with Gasteiger partial charge in [0.2, 0.25) is 5.91 Å². The Bertz CT molecular complexity index is 737. The number of carbonyl (C=O) groups excluding carboxylic acids is 2.